The van der Waals surface area contributed by atoms with Crippen LogP contribution in [0.4, 0.5) is 0 Å². The molecule has 4 nitrogen and oxygen atoms in total. The first kappa shape index (κ1) is 13.3. The van der Waals surface area contributed by atoms with Gasteiger partial charge in [-0.05, 0) is 38.6 Å². The van der Waals surface area contributed by atoms with Gasteiger partial charge < -0.3 is 20.1 Å². The number of hydrogen-bond acceptors (Lipinski definition) is 4. The summed E-state index contributed by atoms with van der Waals surface area (Å²) in [6.45, 7) is 5.99. The van der Waals surface area contributed by atoms with E-state index in [0.29, 0.717) is 18.8 Å². The second kappa shape index (κ2) is 7.31. The zero-order valence-electron chi connectivity index (χ0n) is 10.7. The van der Waals surface area contributed by atoms with E-state index in [1.165, 1.54) is 38.9 Å². The fourth-order valence-electron chi connectivity index (χ4n) is 2.52. The molecule has 0 saturated carbocycles. The Balaban J connectivity index is 1.51. The predicted octanol–water partition coefficient (Wildman–Crippen LogP) is 0.602. The monoisotopic (exact) mass is 242 g/mol. The molecule has 2 aliphatic rings. The fourth-order valence-corrected chi connectivity index (χ4v) is 2.52. The molecule has 2 saturated heterocycles. The van der Waals surface area contributed by atoms with Crippen LogP contribution in [-0.4, -0.2) is 61.5 Å². The van der Waals surface area contributed by atoms with Crippen molar-refractivity contribution in [2.24, 2.45) is 0 Å². The second-order valence-corrected chi connectivity index (χ2v) is 5.24. The average molecular weight is 242 g/mol. The molecule has 0 aromatic heterocycles. The molecule has 2 aliphatic heterocycles. The molecule has 0 aliphatic carbocycles. The Morgan fingerprint density at radius 2 is 1.82 bits per heavy atom. The Morgan fingerprint density at radius 3 is 2.41 bits per heavy atom. The molecule has 0 aromatic rings. The van der Waals surface area contributed by atoms with Crippen molar-refractivity contribution in [2.45, 2.75) is 44.3 Å². The third-order valence-electron chi connectivity index (χ3n) is 3.80. The van der Waals surface area contributed by atoms with Crippen molar-refractivity contribution in [1.29, 1.82) is 0 Å². The molecular formula is C13H26N2O2. The smallest absolute Gasteiger partial charge is 0.0827 e. The molecule has 0 atom stereocenters. The molecule has 2 fully saturated rings. The molecule has 0 radical (unpaired) electrons. The Morgan fingerprint density at radius 1 is 1.06 bits per heavy atom. The quantitative estimate of drug-likeness (QED) is 0.642. The van der Waals surface area contributed by atoms with Crippen LogP contribution in [0.2, 0.25) is 0 Å². The first-order chi connectivity index (χ1) is 8.38. The summed E-state index contributed by atoms with van der Waals surface area (Å²) < 4.78 is 6.00. The van der Waals surface area contributed by atoms with Crippen LogP contribution in [0.3, 0.4) is 0 Å². The molecule has 0 amide bonds. The molecule has 0 spiro atoms. The molecule has 0 bridgehead atoms. The highest BCUT2D eigenvalue weighted by molar-refractivity contribution is 4.79. The molecule has 2 rings (SSSR count). The van der Waals surface area contributed by atoms with Gasteiger partial charge in [-0.1, -0.05) is 0 Å². The minimum absolute atomic E-state index is 0.339. The minimum atomic E-state index is 0.339. The minimum Gasteiger partial charge on any atom is -0.396 e. The lowest BCUT2D eigenvalue weighted by atomic mass is 10.1. The normalized spacial score (nSPS) is 23.8. The van der Waals surface area contributed by atoms with Crippen LogP contribution in [0.5, 0.6) is 0 Å². The number of rotatable bonds is 7. The first-order valence-corrected chi connectivity index (χ1v) is 7.08. The Kier molecular flexibility index (Phi) is 5.71. The van der Waals surface area contributed by atoms with Gasteiger partial charge in [-0.3, -0.25) is 0 Å². The summed E-state index contributed by atoms with van der Waals surface area (Å²) in [7, 11) is 0. The van der Waals surface area contributed by atoms with E-state index in [0.717, 1.165) is 25.9 Å². The number of likely N-dealkylation sites (tertiary alicyclic amines) is 1. The van der Waals surface area contributed by atoms with Crippen molar-refractivity contribution in [3.05, 3.63) is 0 Å². The van der Waals surface area contributed by atoms with E-state index >= 15 is 0 Å². The SMILES string of the molecule is OCCCCCN1CCC(OC2CNC2)CC1. The van der Waals surface area contributed by atoms with Crippen molar-refractivity contribution in [2.75, 3.05) is 39.3 Å². The van der Waals surface area contributed by atoms with Gasteiger partial charge in [0.2, 0.25) is 0 Å². The summed E-state index contributed by atoms with van der Waals surface area (Å²) in [6.07, 6.45) is 6.69. The van der Waals surface area contributed by atoms with Crippen LogP contribution < -0.4 is 5.32 Å². The number of hydrogen-bond donors (Lipinski definition) is 2. The molecular weight excluding hydrogens is 216 g/mol. The van der Waals surface area contributed by atoms with E-state index in [2.05, 4.69) is 10.2 Å². The van der Waals surface area contributed by atoms with Crippen molar-refractivity contribution >= 4 is 0 Å². The van der Waals surface area contributed by atoms with E-state index in [4.69, 9.17) is 9.84 Å². The lowest BCUT2D eigenvalue weighted by Gasteiger charge is -2.36. The Bertz CT molecular complexity index is 202. The number of aliphatic hydroxyl groups excluding tert-OH is 1. The fraction of sp³-hybridized carbons (Fsp3) is 1.00. The number of piperidine rings is 1. The summed E-state index contributed by atoms with van der Waals surface area (Å²) in [5.74, 6) is 0. The van der Waals surface area contributed by atoms with Crippen molar-refractivity contribution in [1.82, 2.24) is 10.2 Å². The lowest BCUT2D eigenvalue weighted by Crippen LogP contribution is -2.51. The van der Waals surface area contributed by atoms with Gasteiger partial charge in [0.1, 0.15) is 0 Å². The summed E-state index contributed by atoms with van der Waals surface area (Å²) >= 11 is 0. The maximum Gasteiger partial charge on any atom is 0.0827 e. The van der Waals surface area contributed by atoms with Crippen LogP contribution >= 0.6 is 0 Å². The average Bonchev–Trinajstić information content (AvgIpc) is 2.31. The Hall–Kier alpha value is -0.160. The number of nitrogens with zero attached hydrogens (tertiary/aromatic N) is 1. The maximum atomic E-state index is 8.72. The largest absolute Gasteiger partial charge is 0.396 e. The maximum absolute atomic E-state index is 8.72. The van der Waals surface area contributed by atoms with E-state index in [-0.39, 0.29) is 0 Å². The number of aliphatic hydroxyl groups is 1. The second-order valence-electron chi connectivity index (χ2n) is 5.24. The Labute approximate surface area is 104 Å². The van der Waals surface area contributed by atoms with E-state index < -0.39 is 0 Å². The zero-order valence-corrected chi connectivity index (χ0v) is 10.7. The highest BCUT2D eigenvalue weighted by Gasteiger charge is 2.25. The van der Waals surface area contributed by atoms with Crippen LogP contribution in [-0.2, 0) is 4.74 Å². The van der Waals surface area contributed by atoms with Gasteiger partial charge in [0, 0.05) is 32.8 Å². The molecule has 2 heterocycles. The predicted molar refractivity (Wildman–Crippen MR) is 68.1 cm³/mol. The van der Waals surface area contributed by atoms with Crippen LogP contribution in [0, 0.1) is 0 Å². The van der Waals surface area contributed by atoms with Gasteiger partial charge in [0.05, 0.1) is 12.2 Å². The standard InChI is InChI=1S/C13H26N2O2/c16-9-3-1-2-6-15-7-4-12(5-8-15)17-13-10-14-11-13/h12-14,16H,1-11H2. The van der Waals surface area contributed by atoms with Crippen molar-refractivity contribution < 1.29 is 9.84 Å². The van der Waals surface area contributed by atoms with E-state index in [1.807, 2.05) is 0 Å². The third kappa shape index (κ3) is 4.54. The zero-order chi connectivity index (χ0) is 11.9. The summed E-state index contributed by atoms with van der Waals surface area (Å²) in [4.78, 5) is 2.54. The van der Waals surface area contributed by atoms with Crippen LogP contribution in [0.25, 0.3) is 0 Å². The van der Waals surface area contributed by atoms with Gasteiger partial charge >= 0.3 is 0 Å². The van der Waals surface area contributed by atoms with Gasteiger partial charge in [0.15, 0.2) is 0 Å². The van der Waals surface area contributed by atoms with Gasteiger partial charge in [0.25, 0.3) is 0 Å². The van der Waals surface area contributed by atoms with E-state index in [1.54, 1.807) is 0 Å². The van der Waals surface area contributed by atoms with Gasteiger partial charge in [-0.25, -0.2) is 0 Å². The van der Waals surface area contributed by atoms with Gasteiger partial charge in [-0.15, -0.1) is 0 Å². The van der Waals surface area contributed by atoms with Crippen LogP contribution in [0.15, 0.2) is 0 Å². The first-order valence-electron chi connectivity index (χ1n) is 7.08. The molecule has 2 N–H and O–H groups in total. The van der Waals surface area contributed by atoms with Crippen molar-refractivity contribution in [3.63, 3.8) is 0 Å². The molecule has 0 unspecified atom stereocenters. The van der Waals surface area contributed by atoms with Gasteiger partial charge in [-0.2, -0.15) is 0 Å². The third-order valence-corrected chi connectivity index (χ3v) is 3.80. The summed E-state index contributed by atoms with van der Waals surface area (Å²) in [6, 6.07) is 0. The number of unbranched alkanes of at least 4 members (excludes halogenated alkanes) is 2. The highest BCUT2D eigenvalue weighted by atomic mass is 16.5. The van der Waals surface area contributed by atoms with Crippen LogP contribution in [0.1, 0.15) is 32.1 Å². The highest BCUT2D eigenvalue weighted by Crippen LogP contribution is 2.17. The number of nitrogens with one attached hydrogen (secondary N) is 1. The van der Waals surface area contributed by atoms with Crippen molar-refractivity contribution in [3.8, 4) is 0 Å². The molecule has 0 aromatic carbocycles. The lowest BCUT2D eigenvalue weighted by molar-refractivity contribution is -0.0620. The molecule has 100 valence electrons. The van der Waals surface area contributed by atoms with E-state index in [9.17, 15) is 0 Å². The molecule has 4 heteroatoms. The molecule has 17 heavy (non-hydrogen) atoms. The topological polar surface area (TPSA) is 44.7 Å². The number of ether oxygens (including phenoxy) is 1. The summed E-state index contributed by atoms with van der Waals surface area (Å²) in [5, 5.41) is 12.0. The summed E-state index contributed by atoms with van der Waals surface area (Å²) in [5.41, 5.74) is 0.